The van der Waals surface area contributed by atoms with E-state index >= 15 is 0 Å². The van der Waals surface area contributed by atoms with Crippen molar-refractivity contribution in [1.82, 2.24) is 0 Å². The minimum atomic E-state index is -4.13. The fourth-order valence-electron chi connectivity index (χ4n) is 2.63. The summed E-state index contributed by atoms with van der Waals surface area (Å²) in [5.41, 5.74) is 0.757. The summed E-state index contributed by atoms with van der Waals surface area (Å²) in [6.45, 7) is 4.26. The molecule has 4 heteroatoms. The van der Waals surface area contributed by atoms with Crippen molar-refractivity contribution in [1.29, 1.82) is 0 Å². The van der Waals surface area contributed by atoms with E-state index in [1.165, 1.54) is 31.7 Å². The fourth-order valence-corrected chi connectivity index (χ4v) is 3.41. The minimum Gasteiger partial charge on any atom is -0.282 e. The molecule has 1 unspecified atom stereocenters. The van der Waals surface area contributed by atoms with E-state index in [-0.39, 0.29) is 10.8 Å². The molecule has 0 bridgehead atoms. The summed E-state index contributed by atoms with van der Waals surface area (Å²) in [6.07, 6.45) is 7.90. The molecule has 0 aromatic heterocycles. The van der Waals surface area contributed by atoms with Gasteiger partial charge in [0.25, 0.3) is 10.1 Å². The molecule has 1 aromatic carbocycles. The van der Waals surface area contributed by atoms with Gasteiger partial charge in [0.1, 0.15) is 0 Å². The number of unbranched alkanes of at least 4 members (excludes halogenated alkanes) is 4. The van der Waals surface area contributed by atoms with E-state index in [0.717, 1.165) is 24.8 Å². The van der Waals surface area contributed by atoms with Gasteiger partial charge >= 0.3 is 0 Å². The fraction of sp³-hybridized carbons (Fsp3) is 0.625. The molecule has 1 N–H and O–H groups in total. The SMILES string of the molecule is CCCCCCCC(CC)c1ccccc1S(=O)(=O)O. The number of hydrogen-bond donors (Lipinski definition) is 1. The van der Waals surface area contributed by atoms with Gasteiger partial charge in [0.05, 0.1) is 4.90 Å². The topological polar surface area (TPSA) is 54.4 Å². The molecule has 0 saturated heterocycles. The van der Waals surface area contributed by atoms with Crippen LogP contribution in [-0.2, 0) is 10.1 Å². The monoisotopic (exact) mass is 298 g/mol. The number of hydrogen-bond acceptors (Lipinski definition) is 2. The molecule has 1 aromatic rings. The lowest BCUT2D eigenvalue weighted by atomic mass is 9.91. The first kappa shape index (κ1) is 17.2. The smallest absolute Gasteiger partial charge is 0.282 e. The highest BCUT2D eigenvalue weighted by molar-refractivity contribution is 7.85. The van der Waals surface area contributed by atoms with Crippen LogP contribution in [0.25, 0.3) is 0 Å². The highest BCUT2D eigenvalue weighted by atomic mass is 32.2. The Morgan fingerprint density at radius 2 is 1.70 bits per heavy atom. The summed E-state index contributed by atoms with van der Waals surface area (Å²) >= 11 is 0. The van der Waals surface area contributed by atoms with E-state index in [9.17, 15) is 13.0 Å². The third-order valence-corrected chi connectivity index (χ3v) is 4.71. The second kappa shape index (κ2) is 8.42. The molecule has 3 nitrogen and oxygen atoms in total. The molecule has 0 amide bonds. The van der Waals surface area contributed by atoms with Crippen LogP contribution in [0, 0.1) is 0 Å². The summed E-state index contributed by atoms with van der Waals surface area (Å²) in [5, 5.41) is 0. The Balaban J connectivity index is 2.75. The Kier molecular flexibility index (Phi) is 7.24. The average Bonchev–Trinajstić information content (AvgIpc) is 2.42. The van der Waals surface area contributed by atoms with E-state index in [0.29, 0.717) is 0 Å². The molecule has 0 radical (unpaired) electrons. The van der Waals surface area contributed by atoms with Crippen molar-refractivity contribution in [2.75, 3.05) is 0 Å². The van der Waals surface area contributed by atoms with E-state index in [1.807, 2.05) is 12.1 Å². The van der Waals surface area contributed by atoms with Crippen molar-refractivity contribution < 1.29 is 13.0 Å². The first-order valence-electron chi connectivity index (χ1n) is 7.57. The maximum atomic E-state index is 11.4. The number of rotatable bonds is 9. The molecular formula is C16H26O3S. The zero-order valence-electron chi connectivity index (χ0n) is 12.5. The molecule has 0 heterocycles. The van der Waals surface area contributed by atoms with E-state index < -0.39 is 10.1 Å². The zero-order valence-corrected chi connectivity index (χ0v) is 13.3. The van der Waals surface area contributed by atoms with Gasteiger partial charge in [-0.1, -0.05) is 64.2 Å². The van der Waals surface area contributed by atoms with E-state index in [4.69, 9.17) is 0 Å². The van der Waals surface area contributed by atoms with Gasteiger partial charge in [-0.3, -0.25) is 4.55 Å². The highest BCUT2D eigenvalue weighted by Crippen LogP contribution is 2.30. The van der Waals surface area contributed by atoms with Gasteiger partial charge in [0, 0.05) is 0 Å². The highest BCUT2D eigenvalue weighted by Gasteiger charge is 2.20. The number of benzene rings is 1. The minimum absolute atomic E-state index is 0.0698. The van der Waals surface area contributed by atoms with Crippen molar-refractivity contribution in [3.63, 3.8) is 0 Å². The Labute approximate surface area is 123 Å². The Bertz CT molecular complexity index is 494. The molecular weight excluding hydrogens is 272 g/mol. The Hall–Kier alpha value is -0.870. The van der Waals surface area contributed by atoms with Crippen molar-refractivity contribution >= 4 is 10.1 Å². The average molecular weight is 298 g/mol. The normalized spacial score (nSPS) is 13.3. The van der Waals surface area contributed by atoms with Crippen LogP contribution in [-0.4, -0.2) is 13.0 Å². The van der Waals surface area contributed by atoms with Crippen LogP contribution in [0.2, 0.25) is 0 Å². The van der Waals surface area contributed by atoms with Gasteiger partial charge < -0.3 is 0 Å². The molecule has 20 heavy (non-hydrogen) atoms. The lowest BCUT2D eigenvalue weighted by Crippen LogP contribution is -2.07. The van der Waals surface area contributed by atoms with Crippen LogP contribution in [0.4, 0.5) is 0 Å². The van der Waals surface area contributed by atoms with Crippen molar-refractivity contribution in [2.24, 2.45) is 0 Å². The van der Waals surface area contributed by atoms with Gasteiger partial charge in [-0.15, -0.1) is 0 Å². The molecule has 1 rings (SSSR count). The molecule has 1 atom stereocenters. The zero-order chi connectivity index (χ0) is 15.0. The molecule has 0 aliphatic carbocycles. The van der Waals surface area contributed by atoms with Crippen LogP contribution >= 0.6 is 0 Å². The largest absolute Gasteiger partial charge is 0.294 e. The quantitative estimate of drug-likeness (QED) is 0.527. The Morgan fingerprint density at radius 1 is 1.05 bits per heavy atom. The third-order valence-electron chi connectivity index (χ3n) is 3.79. The standard InChI is InChI=1S/C16H26O3S/c1-3-5-6-7-8-11-14(4-2)15-12-9-10-13-16(15)20(17,18)19/h9-10,12-14H,3-8,11H2,1-2H3,(H,17,18,19). The van der Waals surface area contributed by atoms with Crippen molar-refractivity contribution in [3.05, 3.63) is 29.8 Å². The lowest BCUT2D eigenvalue weighted by molar-refractivity contribution is 0.477. The maximum Gasteiger partial charge on any atom is 0.294 e. The first-order valence-corrected chi connectivity index (χ1v) is 9.01. The lowest BCUT2D eigenvalue weighted by Gasteiger charge is -2.17. The maximum absolute atomic E-state index is 11.4. The van der Waals surface area contributed by atoms with Gasteiger partial charge in [-0.05, 0) is 30.4 Å². The Morgan fingerprint density at radius 3 is 2.30 bits per heavy atom. The van der Waals surface area contributed by atoms with Gasteiger partial charge in [0.2, 0.25) is 0 Å². The molecule has 0 aliphatic rings. The predicted molar refractivity (Wildman–Crippen MR) is 82.7 cm³/mol. The third kappa shape index (κ3) is 5.25. The van der Waals surface area contributed by atoms with Crippen LogP contribution in [0.5, 0.6) is 0 Å². The van der Waals surface area contributed by atoms with Crippen LogP contribution in [0.3, 0.4) is 0 Å². The molecule has 0 aliphatic heterocycles. The second-order valence-electron chi connectivity index (χ2n) is 5.32. The van der Waals surface area contributed by atoms with Crippen LogP contribution in [0.15, 0.2) is 29.2 Å². The predicted octanol–water partition coefficient (Wildman–Crippen LogP) is 4.79. The summed E-state index contributed by atoms with van der Waals surface area (Å²) in [7, 11) is -4.13. The molecule has 114 valence electrons. The summed E-state index contributed by atoms with van der Waals surface area (Å²) in [4.78, 5) is 0.0698. The summed E-state index contributed by atoms with van der Waals surface area (Å²) in [6, 6.07) is 6.80. The summed E-state index contributed by atoms with van der Waals surface area (Å²) < 4.78 is 32.2. The molecule has 0 spiro atoms. The van der Waals surface area contributed by atoms with Gasteiger partial charge in [-0.25, -0.2) is 0 Å². The first-order chi connectivity index (χ1) is 9.50. The van der Waals surface area contributed by atoms with Crippen LogP contribution in [0.1, 0.15) is 70.3 Å². The summed E-state index contributed by atoms with van der Waals surface area (Å²) in [5.74, 6) is 0.203. The van der Waals surface area contributed by atoms with Gasteiger partial charge in [0.15, 0.2) is 0 Å². The van der Waals surface area contributed by atoms with E-state index in [1.54, 1.807) is 6.07 Å². The molecule has 0 fully saturated rings. The second-order valence-corrected chi connectivity index (χ2v) is 6.71. The van der Waals surface area contributed by atoms with Crippen molar-refractivity contribution in [2.45, 2.75) is 69.6 Å². The van der Waals surface area contributed by atoms with E-state index in [2.05, 4.69) is 13.8 Å². The van der Waals surface area contributed by atoms with Crippen LogP contribution < -0.4 is 0 Å². The molecule has 0 saturated carbocycles. The van der Waals surface area contributed by atoms with Gasteiger partial charge in [-0.2, -0.15) is 8.42 Å². The van der Waals surface area contributed by atoms with Crippen molar-refractivity contribution in [3.8, 4) is 0 Å².